The quantitative estimate of drug-likeness (QED) is 0.875. The summed E-state index contributed by atoms with van der Waals surface area (Å²) >= 11 is 3.23. The molecule has 0 amide bonds. The molecule has 0 radical (unpaired) electrons. The maximum Gasteiger partial charge on any atom is 0.246 e. The number of hydrogen-bond donors (Lipinski definition) is 1. The molecule has 0 spiro atoms. The molecule has 1 aromatic rings. The number of piperidine rings is 1. The molecular weight excluding hydrogens is 359 g/mol. The van der Waals surface area contributed by atoms with Crippen molar-refractivity contribution in [2.24, 2.45) is 5.73 Å². The molecule has 7 heteroatoms. The largest absolute Gasteiger partial charge is 0.326 e. The van der Waals surface area contributed by atoms with E-state index in [1.165, 1.54) is 16.4 Å². The van der Waals surface area contributed by atoms with E-state index in [-0.39, 0.29) is 23.0 Å². The average Bonchev–Trinajstić information content (AvgIpc) is 2.48. The second-order valence-corrected chi connectivity index (χ2v) is 8.03. The maximum absolute atomic E-state index is 14.4. The van der Waals surface area contributed by atoms with Gasteiger partial charge in [0.2, 0.25) is 10.0 Å². The lowest BCUT2D eigenvalue weighted by Gasteiger charge is -2.34. The zero-order valence-corrected chi connectivity index (χ0v) is 14.4. The molecule has 1 aliphatic rings. The molecule has 1 unspecified atom stereocenters. The van der Waals surface area contributed by atoms with E-state index in [0.29, 0.717) is 11.0 Å². The summed E-state index contributed by atoms with van der Waals surface area (Å²) in [6, 6.07) is 2.79. The Bertz CT molecular complexity index is 622. The molecule has 0 saturated carbocycles. The zero-order chi connectivity index (χ0) is 15.6. The number of hydrogen-bond acceptors (Lipinski definition) is 3. The van der Waals surface area contributed by atoms with Crippen molar-refractivity contribution < 1.29 is 12.8 Å². The van der Waals surface area contributed by atoms with Gasteiger partial charge in [-0.25, -0.2) is 12.8 Å². The first-order chi connectivity index (χ1) is 9.91. The van der Waals surface area contributed by atoms with E-state index in [0.717, 1.165) is 25.7 Å². The molecule has 0 aliphatic carbocycles. The Morgan fingerprint density at radius 2 is 2.14 bits per heavy atom. The average molecular weight is 379 g/mol. The lowest BCUT2D eigenvalue weighted by molar-refractivity contribution is 0.246. The van der Waals surface area contributed by atoms with Crippen LogP contribution in [-0.4, -0.2) is 25.3 Å². The first kappa shape index (κ1) is 16.9. The van der Waals surface area contributed by atoms with E-state index in [1.54, 1.807) is 0 Å². The number of halogens is 2. The van der Waals surface area contributed by atoms with Crippen LogP contribution in [0.1, 0.15) is 38.2 Å². The molecule has 1 atom stereocenters. The number of rotatable bonds is 4. The molecule has 118 valence electrons. The van der Waals surface area contributed by atoms with Crippen LogP contribution in [0.5, 0.6) is 0 Å². The van der Waals surface area contributed by atoms with E-state index < -0.39 is 15.8 Å². The third-order valence-electron chi connectivity index (χ3n) is 3.93. The van der Waals surface area contributed by atoms with Gasteiger partial charge in [0.15, 0.2) is 0 Å². The molecule has 1 aliphatic heterocycles. The molecule has 1 saturated heterocycles. The minimum absolute atomic E-state index is 0.0367. The van der Waals surface area contributed by atoms with Gasteiger partial charge in [0.05, 0.1) is 0 Å². The summed E-state index contributed by atoms with van der Waals surface area (Å²) in [7, 11) is -3.84. The SMILES string of the molecule is CCC1CCCCN1S(=O)(=O)c1cc(Br)cc(CN)c1F. The van der Waals surface area contributed by atoms with Crippen LogP contribution in [0.3, 0.4) is 0 Å². The standard InChI is InChI=1S/C14H20BrFN2O2S/c1-2-12-5-3-4-6-18(12)21(19,20)13-8-11(15)7-10(9-17)14(13)16/h7-8,12H,2-6,9,17H2,1H3. The van der Waals surface area contributed by atoms with Crippen molar-refractivity contribution in [3.05, 3.63) is 28.0 Å². The third kappa shape index (κ3) is 3.31. The number of benzene rings is 1. The first-order valence-corrected chi connectivity index (χ1v) is 9.35. The van der Waals surface area contributed by atoms with Crippen molar-refractivity contribution in [3.8, 4) is 0 Å². The molecule has 0 bridgehead atoms. The Hall–Kier alpha value is -0.500. The molecule has 1 fully saturated rings. The number of nitrogens with zero attached hydrogens (tertiary/aromatic N) is 1. The summed E-state index contributed by atoms with van der Waals surface area (Å²) in [5.41, 5.74) is 5.70. The highest BCUT2D eigenvalue weighted by Crippen LogP contribution is 2.31. The lowest BCUT2D eigenvalue weighted by atomic mass is 10.0. The van der Waals surface area contributed by atoms with Gasteiger partial charge in [-0.05, 0) is 31.4 Å². The Morgan fingerprint density at radius 1 is 1.43 bits per heavy atom. The Labute approximate surface area is 133 Å². The molecule has 1 aromatic carbocycles. The van der Waals surface area contributed by atoms with Gasteiger partial charge >= 0.3 is 0 Å². The summed E-state index contributed by atoms with van der Waals surface area (Å²) in [5, 5.41) is 0. The molecule has 21 heavy (non-hydrogen) atoms. The normalized spacial score (nSPS) is 20.7. The van der Waals surface area contributed by atoms with Crippen molar-refractivity contribution in [2.75, 3.05) is 6.54 Å². The van der Waals surface area contributed by atoms with Crippen molar-refractivity contribution in [1.29, 1.82) is 0 Å². The zero-order valence-electron chi connectivity index (χ0n) is 12.0. The Kier molecular flexibility index (Phi) is 5.40. The van der Waals surface area contributed by atoms with Crippen molar-refractivity contribution in [3.63, 3.8) is 0 Å². The molecule has 2 N–H and O–H groups in total. The van der Waals surface area contributed by atoms with Crippen LogP contribution < -0.4 is 5.73 Å². The van der Waals surface area contributed by atoms with Crippen LogP contribution >= 0.6 is 15.9 Å². The van der Waals surface area contributed by atoms with E-state index in [1.807, 2.05) is 6.92 Å². The van der Waals surface area contributed by atoms with Crippen molar-refractivity contribution in [1.82, 2.24) is 4.31 Å². The van der Waals surface area contributed by atoms with Crippen LogP contribution in [0.25, 0.3) is 0 Å². The van der Waals surface area contributed by atoms with Gasteiger partial charge in [-0.3, -0.25) is 0 Å². The van der Waals surface area contributed by atoms with Crippen LogP contribution in [0.4, 0.5) is 4.39 Å². The van der Waals surface area contributed by atoms with Crippen molar-refractivity contribution >= 4 is 26.0 Å². The fourth-order valence-electron chi connectivity index (χ4n) is 2.78. The van der Waals surface area contributed by atoms with Gasteiger partial charge in [-0.1, -0.05) is 29.3 Å². The fourth-order valence-corrected chi connectivity index (χ4v) is 5.34. The summed E-state index contributed by atoms with van der Waals surface area (Å²) in [6.07, 6.45) is 3.39. The van der Waals surface area contributed by atoms with Gasteiger partial charge in [-0.2, -0.15) is 4.31 Å². The molecule has 1 heterocycles. The van der Waals surface area contributed by atoms with E-state index in [2.05, 4.69) is 15.9 Å². The molecule has 2 rings (SSSR count). The minimum Gasteiger partial charge on any atom is -0.326 e. The lowest BCUT2D eigenvalue weighted by Crippen LogP contribution is -2.43. The van der Waals surface area contributed by atoms with Crippen molar-refractivity contribution in [2.45, 2.75) is 50.1 Å². The molecule has 4 nitrogen and oxygen atoms in total. The van der Waals surface area contributed by atoms with Crippen LogP contribution in [0.2, 0.25) is 0 Å². The highest BCUT2D eigenvalue weighted by molar-refractivity contribution is 9.10. The predicted octanol–water partition coefficient (Wildman–Crippen LogP) is 3.00. The topological polar surface area (TPSA) is 63.4 Å². The van der Waals surface area contributed by atoms with Gasteiger partial charge in [-0.15, -0.1) is 0 Å². The number of nitrogens with two attached hydrogens (primary N) is 1. The molecular formula is C14H20BrFN2O2S. The van der Waals surface area contributed by atoms with E-state index in [4.69, 9.17) is 5.73 Å². The highest BCUT2D eigenvalue weighted by Gasteiger charge is 2.34. The predicted molar refractivity (Wildman–Crippen MR) is 83.8 cm³/mol. The summed E-state index contributed by atoms with van der Waals surface area (Å²) in [4.78, 5) is -0.280. The summed E-state index contributed by atoms with van der Waals surface area (Å²) in [6.45, 7) is 2.37. The first-order valence-electron chi connectivity index (χ1n) is 7.11. The molecule has 0 aromatic heterocycles. The van der Waals surface area contributed by atoms with E-state index >= 15 is 0 Å². The second-order valence-electron chi connectivity index (χ2n) is 5.25. The van der Waals surface area contributed by atoms with Crippen LogP contribution in [0.15, 0.2) is 21.5 Å². The van der Waals surface area contributed by atoms with Gasteiger partial charge < -0.3 is 5.73 Å². The summed E-state index contributed by atoms with van der Waals surface area (Å²) in [5.74, 6) is -0.735. The third-order valence-corrected chi connectivity index (χ3v) is 6.34. The fraction of sp³-hybridized carbons (Fsp3) is 0.571. The summed E-state index contributed by atoms with van der Waals surface area (Å²) < 4.78 is 42.0. The Morgan fingerprint density at radius 3 is 2.76 bits per heavy atom. The monoisotopic (exact) mass is 378 g/mol. The Balaban J connectivity index is 2.50. The maximum atomic E-state index is 14.4. The smallest absolute Gasteiger partial charge is 0.246 e. The van der Waals surface area contributed by atoms with Crippen LogP contribution in [-0.2, 0) is 16.6 Å². The van der Waals surface area contributed by atoms with Gasteiger partial charge in [0, 0.05) is 29.2 Å². The second kappa shape index (κ2) is 6.73. The van der Waals surface area contributed by atoms with Gasteiger partial charge in [0.25, 0.3) is 0 Å². The minimum atomic E-state index is -3.84. The highest BCUT2D eigenvalue weighted by atomic mass is 79.9. The number of sulfonamides is 1. The van der Waals surface area contributed by atoms with Gasteiger partial charge in [0.1, 0.15) is 10.7 Å². The van der Waals surface area contributed by atoms with Crippen LogP contribution in [0, 0.1) is 5.82 Å². The van der Waals surface area contributed by atoms with E-state index in [9.17, 15) is 12.8 Å².